The number of halogens is 2. The number of hydrogen-bond acceptors (Lipinski definition) is 2. The number of rotatable bonds is 3. The van der Waals surface area contributed by atoms with Crippen LogP contribution in [0, 0.1) is 0 Å². The summed E-state index contributed by atoms with van der Waals surface area (Å²) in [7, 11) is 0. The van der Waals surface area contributed by atoms with Crippen LogP contribution in [0.1, 0.15) is 0 Å². The molecule has 2 heterocycles. The van der Waals surface area contributed by atoms with Gasteiger partial charge in [-0.15, -0.1) is 0 Å². The lowest BCUT2D eigenvalue weighted by Crippen LogP contribution is -2.05. The van der Waals surface area contributed by atoms with Gasteiger partial charge in [-0.3, -0.25) is 0 Å². The quantitative estimate of drug-likeness (QED) is 0.800. The van der Waals surface area contributed by atoms with Crippen LogP contribution in [0.3, 0.4) is 0 Å². The normalized spacial score (nSPS) is 18.4. The second-order valence-corrected chi connectivity index (χ2v) is 4.75. The average Bonchev–Trinajstić information content (AvgIpc) is 3.01. The fourth-order valence-corrected chi connectivity index (χ4v) is 2.16. The summed E-state index contributed by atoms with van der Waals surface area (Å²) in [6.07, 6.45) is 3.99. The van der Waals surface area contributed by atoms with E-state index in [2.05, 4.69) is 4.98 Å². The molecule has 0 spiro atoms. The molecule has 0 bridgehead atoms. The van der Waals surface area contributed by atoms with E-state index in [9.17, 15) is 0 Å². The molecule has 1 aliphatic rings. The molecule has 1 aromatic heterocycles. The van der Waals surface area contributed by atoms with Gasteiger partial charge in [0.2, 0.25) is 0 Å². The van der Waals surface area contributed by atoms with Crippen molar-refractivity contribution in [3.63, 3.8) is 0 Å². The van der Waals surface area contributed by atoms with Gasteiger partial charge in [-0.25, -0.2) is 4.98 Å². The van der Waals surface area contributed by atoms with Gasteiger partial charge < -0.3 is 9.30 Å². The summed E-state index contributed by atoms with van der Waals surface area (Å²) in [4.78, 5) is 4.33. The fourth-order valence-electron chi connectivity index (χ4n) is 1.77. The van der Waals surface area contributed by atoms with Crippen LogP contribution in [0.15, 0.2) is 30.6 Å². The van der Waals surface area contributed by atoms with Crippen molar-refractivity contribution in [2.75, 3.05) is 6.61 Å². The average molecular weight is 269 g/mol. The number of hydrogen-bond donors (Lipinski definition) is 0. The summed E-state index contributed by atoms with van der Waals surface area (Å²) in [6.45, 7) is 1.62. The van der Waals surface area contributed by atoms with Gasteiger partial charge in [0.25, 0.3) is 0 Å². The predicted molar refractivity (Wildman–Crippen MR) is 67.4 cm³/mol. The van der Waals surface area contributed by atoms with Gasteiger partial charge in [0.15, 0.2) is 0 Å². The number of benzene rings is 1. The van der Waals surface area contributed by atoms with Crippen molar-refractivity contribution in [1.82, 2.24) is 9.55 Å². The number of ether oxygens (including phenoxy) is 1. The first-order valence-electron chi connectivity index (χ1n) is 5.33. The van der Waals surface area contributed by atoms with Crippen LogP contribution in [0.4, 0.5) is 0 Å². The smallest absolute Gasteiger partial charge is 0.141 e. The minimum atomic E-state index is 0.306. The van der Waals surface area contributed by atoms with Crippen LogP contribution < -0.4 is 0 Å². The number of imidazole rings is 1. The molecule has 3 rings (SSSR count). The van der Waals surface area contributed by atoms with Crippen LogP contribution in [0.2, 0.25) is 10.0 Å². The SMILES string of the molecule is Clc1cccc(-c2nccn2CC2CO2)c1Cl. The molecule has 1 unspecified atom stereocenters. The second-order valence-electron chi connectivity index (χ2n) is 3.96. The molecule has 88 valence electrons. The van der Waals surface area contributed by atoms with E-state index in [0.717, 1.165) is 24.5 Å². The Kier molecular flexibility index (Phi) is 2.82. The molecular formula is C12H10Cl2N2O. The predicted octanol–water partition coefficient (Wildman–Crippen LogP) is 3.26. The molecule has 0 amide bonds. The van der Waals surface area contributed by atoms with Gasteiger partial charge in [-0.1, -0.05) is 29.3 Å². The van der Waals surface area contributed by atoms with Crippen molar-refractivity contribution >= 4 is 23.2 Å². The Morgan fingerprint density at radius 3 is 3.00 bits per heavy atom. The van der Waals surface area contributed by atoms with Crippen LogP contribution in [-0.2, 0) is 11.3 Å². The zero-order valence-corrected chi connectivity index (χ0v) is 10.4. The summed E-state index contributed by atoms with van der Waals surface area (Å²) in [6, 6.07) is 5.56. The van der Waals surface area contributed by atoms with E-state index in [0.29, 0.717) is 16.1 Å². The lowest BCUT2D eigenvalue weighted by molar-refractivity contribution is 0.383. The van der Waals surface area contributed by atoms with Gasteiger partial charge >= 0.3 is 0 Å². The Balaban J connectivity index is 2.02. The maximum absolute atomic E-state index is 6.19. The molecule has 2 aromatic rings. The van der Waals surface area contributed by atoms with Crippen LogP contribution in [-0.4, -0.2) is 22.3 Å². The second kappa shape index (κ2) is 4.33. The third-order valence-corrected chi connectivity index (χ3v) is 3.53. The molecule has 3 nitrogen and oxygen atoms in total. The highest BCUT2D eigenvalue weighted by molar-refractivity contribution is 6.43. The van der Waals surface area contributed by atoms with E-state index in [4.69, 9.17) is 27.9 Å². The van der Waals surface area contributed by atoms with Crippen LogP contribution in [0.25, 0.3) is 11.4 Å². The van der Waals surface area contributed by atoms with E-state index < -0.39 is 0 Å². The molecule has 1 aromatic carbocycles. The maximum atomic E-state index is 6.19. The molecule has 0 aliphatic carbocycles. The van der Waals surface area contributed by atoms with Crippen molar-refractivity contribution in [2.24, 2.45) is 0 Å². The summed E-state index contributed by atoms with van der Waals surface area (Å²) in [5.74, 6) is 0.827. The molecule has 0 N–H and O–H groups in total. The third kappa shape index (κ3) is 2.18. The molecule has 1 aliphatic heterocycles. The molecule has 0 radical (unpaired) electrons. The Morgan fingerprint density at radius 1 is 1.41 bits per heavy atom. The van der Waals surface area contributed by atoms with E-state index >= 15 is 0 Å². The summed E-state index contributed by atoms with van der Waals surface area (Å²) in [5.41, 5.74) is 0.852. The van der Waals surface area contributed by atoms with E-state index in [-0.39, 0.29) is 0 Å². The summed E-state index contributed by atoms with van der Waals surface area (Å²) in [5, 5.41) is 1.08. The highest BCUT2D eigenvalue weighted by Gasteiger charge is 2.24. The first kappa shape index (κ1) is 11.1. The zero-order valence-electron chi connectivity index (χ0n) is 8.94. The van der Waals surface area contributed by atoms with Crippen LogP contribution in [0.5, 0.6) is 0 Å². The first-order valence-corrected chi connectivity index (χ1v) is 6.08. The highest BCUT2D eigenvalue weighted by Crippen LogP contribution is 2.32. The van der Waals surface area contributed by atoms with Gasteiger partial charge in [0, 0.05) is 18.0 Å². The highest BCUT2D eigenvalue weighted by atomic mass is 35.5. The number of aromatic nitrogens is 2. The van der Waals surface area contributed by atoms with Gasteiger partial charge in [0.05, 0.1) is 29.3 Å². The Hall–Kier alpha value is -1.03. The van der Waals surface area contributed by atoms with Crippen molar-refractivity contribution in [2.45, 2.75) is 12.6 Å². The zero-order chi connectivity index (χ0) is 11.8. The Bertz CT molecular complexity index is 549. The van der Waals surface area contributed by atoms with Crippen molar-refractivity contribution in [3.8, 4) is 11.4 Å². The minimum absolute atomic E-state index is 0.306. The summed E-state index contributed by atoms with van der Waals surface area (Å²) >= 11 is 12.2. The minimum Gasteiger partial charge on any atom is -0.371 e. The van der Waals surface area contributed by atoms with Crippen molar-refractivity contribution < 1.29 is 4.74 Å². The molecule has 0 saturated carbocycles. The lowest BCUT2D eigenvalue weighted by Gasteiger charge is -2.08. The molecule has 1 fully saturated rings. The van der Waals surface area contributed by atoms with E-state index in [1.165, 1.54) is 0 Å². The van der Waals surface area contributed by atoms with Crippen LogP contribution >= 0.6 is 23.2 Å². The van der Waals surface area contributed by atoms with E-state index in [1.54, 1.807) is 12.3 Å². The Labute approximate surface area is 109 Å². The lowest BCUT2D eigenvalue weighted by atomic mass is 10.2. The van der Waals surface area contributed by atoms with Gasteiger partial charge in [0.1, 0.15) is 5.82 Å². The molecule has 17 heavy (non-hydrogen) atoms. The summed E-state index contributed by atoms with van der Waals surface area (Å²) < 4.78 is 7.26. The molecule has 1 atom stereocenters. The monoisotopic (exact) mass is 268 g/mol. The largest absolute Gasteiger partial charge is 0.371 e. The standard InChI is InChI=1S/C12H10Cl2N2O/c13-10-3-1-2-9(11(10)14)12-15-4-5-16(12)6-8-7-17-8/h1-5,8H,6-7H2. The van der Waals surface area contributed by atoms with Gasteiger partial charge in [-0.2, -0.15) is 0 Å². The maximum Gasteiger partial charge on any atom is 0.141 e. The van der Waals surface area contributed by atoms with Crippen molar-refractivity contribution in [1.29, 1.82) is 0 Å². The third-order valence-electron chi connectivity index (χ3n) is 2.71. The molecule has 1 saturated heterocycles. The number of nitrogens with zero attached hydrogens (tertiary/aromatic N) is 2. The molecule has 5 heteroatoms. The van der Waals surface area contributed by atoms with Gasteiger partial charge in [-0.05, 0) is 12.1 Å². The topological polar surface area (TPSA) is 30.4 Å². The van der Waals surface area contributed by atoms with Crippen molar-refractivity contribution in [3.05, 3.63) is 40.6 Å². The Morgan fingerprint density at radius 2 is 2.24 bits per heavy atom. The number of epoxide rings is 1. The fraction of sp³-hybridized carbons (Fsp3) is 0.250. The van der Waals surface area contributed by atoms with E-state index in [1.807, 2.05) is 22.9 Å². The first-order chi connectivity index (χ1) is 8.25. The molecular weight excluding hydrogens is 259 g/mol.